The first-order valence-corrected chi connectivity index (χ1v) is 8.39. The Labute approximate surface area is 133 Å². The van der Waals surface area contributed by atoms with Crippen molar-refractivity contribution in [2.75, 3.05) is 13.1 Å². The summed E-state index contributed by atoms with van der Waals surface area (Å²) in [6.45, 7) is 7.35. The lowest BCUT2D eigenvalue weighted by molar-refractivity contribution is 0.00323. The molecule has 2 N–H and O–H groups in total. The van der Waals surface area contributed by atoms with Crippen molar-refractivity contribution in [3.05, 3.63) is 0 Å². The van der Waals surface area contributed by atoms with Crippen molar-refractivity contribution in [2.45, 2.75) is 64.9 Å². The minimum absolute atomic E-state index is 0.172. The van der Waals surface area contributed by atoms with E-state index < -0.39 is 5.60 Å². The normalized spacial score (nSPS) is 23.1. The number of nitrogens with zero attached hydrogens (tertiary/aromatic N) is 1. The summed E-state index contributed by atoms with van der Waals surface area (Å²) in [7, 11) is 0. The fraction of sp³-hybridized carbons (Fsp3) is 0.875. The SMILES string of the molecule is CC(C)(C)OC(=O)N1CCC2(CCC(C(N)=S)CC2)CC1. The number of nitrogens with two attached hydrogens (primary N) is 1. The summed E-state index contributed by atoms with van der Waals surface area (Å²) in [5, 5.41) is 0. The predicted octanol–water partition coefficient (Wildman–Crippen LogP) is 3.48. The van der Waals surface area contributed by atoms with E-state index in [1.165, 1.54) is 12.8 Å². The Bertz CT molecular complexity index is 399. The fourth-order valence-electron chi connectivity index (χ4n) is 3.50. The van der Waals surface area contributed by atoms with E-state index in [9.17, 15) is 4.79 Å². The number of rotatable bonds is 1. The lowest BCUT2D eigenvalue weighted by atomic mass is 9.65. The quantitative estimate of drug-likeness (QED) is 0.753. The van der Waals surface area contributed by atoms with Crippen molar-refractivity contribution in [1.29, 1.82) is 0 Å². The van der Waals surface area contributed by atoms with Gasteiger partial charge in [-0.25, -0.2) is 4.79 Å². The minimum atomic E-state index is -0.416. The third-order valence-electron chi connectivity index (χ3n) is 4.92. The van der Waals surface area contributed by atoms with Gasteiger partial charge in [0, 0.05) is 19.0 Å². The highest BCUT2D eigenvalue weighted by Crippen LogP contribution is 2.46. The Morgan fingerprint density at radius 3 is 2.14 bits per heavy atom. The summed E-state index contributed by atoms with van der Waals surface area (Å²) in [6, 6.07) is 0. The van der Waals surface area contributed by atoms with E-state index in [1.807, 2.05) is 25.7 Å². The van der Waals surface area contributed by atoms with Gasteiger partial charge in [0.2, 0.25) is 0 Å². The molecule has 0 aromatic rings. The van der Waals surface area contributed by atoms with Gasteiger partial charge in [-0.05, 0) is 64.7 Å². The molecule has 1 saturated carbocycles. The number of carbonyl (C=O) groups is 1. The molecule has 1 heterocycles. The first kappa shape index (κ1) is 16.5. The van der Waals surface area contributed by atoms with Gasteiger partial charge in [0.25, 0.3) is 0 Å². The summed E-state index contributed by atoms with van der Waals surface area (Å²) in [6.07, 6.45) is 6.60. The molecule has 0 atom stereocenters. The maximum absolute atomic E-state index is 12.1. The van der Waals surface area contributed by atoms with Crippen LogP contribution in [0.15, 0.2) is 0 Å². The van der Waals surface area contributed by atoms with E-state index >= 15 is 0 Å². The van der Waals surface area contributed by atoms with Crippen molar-refractivity contribution in [3.63, 3.8) is 0 Å². The molecule has 4 nitrogen and oxygen atoms in total. The lowest BCUT2D eigenvalue weighted by Crippen LogP contribution is -2.46. The zero-order valence-electron chi connectivity index (χ0n) is 13.5. The molecular formula is C16H28N2O2S. The van der Waals surface area contributed by atoms with E-state index in [2.05, 4.69) is 0 Å². The molecule has 0 bridgehead atoms. The van der Waals surface area contributed by atoms with Gasteiger partial charge in [-0.15, -0.1) is 0 Å². The Morgan fingerprint density at radius 2 is 1.71 bits per heavy atom. The second-order valence-corrected chi connectivity index (χ2v) is 8.12. The lowest BCUT2D eigenvalue weighted by Gasteiger charge is -2.45. The number of amides is 1. The Balaban J connectivity index is 1.84. The Hall–Kier alpha value is -0.840. The van der Waals surface area contributed by atoms with E-state index in [4.69, 9.17) is 22.7 Å². The largest absolute Gasteiger partial charge is 0.444 e. The molecular weight excluding hydrogens is 284 g/mol. The average Bonchev–Trinajstić information content (AvgIpc) is 2.38. The Morgan fingerprint density at radius 1 is 1.19 bits per heavy atom. The van der Waals surface area contributed by atoms with E-state index in [0.717, 1.165) is 38.8 Å². The van der Waals surface area contributed by atoms with E-state index in [0.29, 0.717) is 16.3 Å². The van der Waals surface area contributed by atoms with Crippen LogP contribution in [0.5, 0.6) is 0 Å². The number of thiocarbonyl (C=S) groups is 1. The van der Waals surface area contributed by atoms with Crippen LogP contribution in [0.1, 0.15) is 59.3 Å². The third-order valence-corrected chi connectivity index (χ3v) is 5.26. The minimum Gasteiger partial charge on any atom is -0.444 e. The Kier molecular flexibility index (Phi) is 4.81. The number of hydrogen-bond donors (Lipinski definition) is 1. The van der Waals surface area contributed by atoms with Crippen LogP contribution >= 0.6 is 12.2 Å². The van der Waals surface area contributed by atoms with Crippen LogP contribution in [0.25, 0.3) is 0 Å². The van der Waals surface area contributed by atoms with Crippen molar-refractivity contribution in [2.24, 2.45) is 17.1 Å². The number of ether oxygens (including phenoxy) is 1. The molecule has 1 saturated heterocycles. The van der Waals surface area contributed by atoms with Gasteiger partial charge in [-0.3, -0.25) is 0 Å². The molecule has 0 aromatic heterocycles. The monoisotopic (exact) mass is 312 g/mol. The maximum atomic E-state index is 12.1. The van der Waals surface area contributed by atoms with Gasteiger partial charge in [-0.2, -0.15) is 0 Å². The first-order chi connectivity index (χ1) is 9.71. The summed E-state index contributed by atoms with van der Waals surface area (Å²) >= 11 is 5.12. The van der Waals surface area contributed by atoms with E-state index in [1.54, 1.807) is 0 Å². The molecule has 2 rings (SSSR count). The molecule has 0 unspecified atom stereocenters. The topological polar surface area (TPSA) is 55.6 Å². The van der Waals surface area contributed by atoms with E-state index in [-0.39, 0.29) is 6.09 Å². The van der Waals surface area contributed by atoms with Crippen LogP contribution in [0, 0.1) is 11.3 Å². The van der Waals surface area contributed by atoms with Crippen molar-refractivity contribution in [3.8, 4) is 0 Å². The van der Waals surface area contributed by atoms with Crippen molar-refractivity contribution >= 4 is 23.3 Å². The predicted molar refractivity (Wildman–Crippen MR) is 88.2 cm³/mol. The summed E-state index contributed by atoms with van der Waals surface area (Å²) in [4.78, 5) is 14.6. The molecule has 2 aliphatic rings. The molecule has 1 amide bonds. The highest BCUT2D eigenvalue weighted by molar-refractivity contribution is 7.80. The van der Waals surface area contributed by atoms with Crippen molar-refractivity contribution in [1.82, 2.24) is 4.90 Å². The summed E-state index contributed by atoms with van der Waals surface area (Å²) < 4.78 is 5.45. The third kappa shape index (κ3) is 4.31. The number of carbonyl (C=O) groups excluding carboxylic acids is 1. The summed E-state index contributed by atoms with van der Waals surface area (Å²) in [5.74, 6) is 0.425. The molecule has 0 radical (unpaired) electrons. The molecule has 21 heavy (non-hydrogen) atoms. The highest BCUT2D eigenvalue weighted by atomic mass is 32.1. The van der Waals surface area contributed by atoms with Crippen LogP contribution in [-0.4, -0.2) is 34.7 Å². The van der Waals surface area contributed by atoms with Gasteiger partial charge in [0.05, 0.1) is 4.99 Å². The molecule has 1 aliphatic heterocycles. The molecule has 0 aromatic carbocycles. The summed E-state index contributed by atoms with van der Waals surface area (Å²) in [5.41, 5.74) is 5.75. The maximum Gasteiger partial charge on any atom is 0.410 e. The van der Waals surface area contributed by atoms with Crippen LogP contribution in [-0.2, 0) is 4.74 Å². The van der Waals surface area contributed by atoms with Gasteiger partial charge in [0.15, 0.2) is 0 Å². The second kappa shape index (κ2) is 6.11. The van der Waals surface area contributed by atoms with Crippen molar-refractivity contribution < 1.29 is 9.53 Å². The molecule has 1 aliphatic carbocycles. The highest BCUT2D eigenvalue weighted by Gasteiger charge is 2.40. The average molecular weight is 312 g/mol. The van der Waals surface area contributed by atoms with Crippen LogP contribution in [0.3, 0.4) is 0 Å². The van der Waals surface area contributed by atoms with Crippen LogP contribution in [0.4, 0.5) is 4.79 Å². The van der Waals surface area contributed by atoms with Gasteiger partial charge in [0.1, 0.15) is 5.60 Å². The van der Waals surface area contributed by atoms with Gasteiger partial charge >= 0.3 is 6.09 Å². The number of likely N-dealkylation sites (tertiary alicyclic amines) is 1. The number of hydrogen-bond acceptors (Lipinski definition) is 3. The van der Waals surface area contributed by atoms with Gasteiger partial charge in [-0.1, -0.05) is 12.2 Å². The number of piperidine rings is 1. The molecule has 5 heteroatoms. The molecule has 1 spiro atoms. The van der Waals surface area contributed by atoms with Crippen LogP contribution in [0.2, 0.25) is 0 Å². The first-order valence-electron chi connectivity index (χ1n) is 7.98. The molecule has 120 valence electrons. The van der Waals surface area contributed by atoms with Gasteiger partial charge < -0.3 is 15.4 Å². The molecule has 2 fully saturated rings. The zero-order chi connectivity index (χ0) is 15.7. The zero-order valence-corrected chi connectivity index (χ0v) is 14.3. The van der Waals surface area contributed by atoms with Crippen LogP contribution < -0.4 is 5.73 Å². The smallest absolute Gasteiger partial charge is 0.410 e. The second-order valence-electron chi connectivity index (χ2n) is 7.64. The fourth-order valence-corrected chi connectivity index (χ4v) is 3.74. The standard InChI is InChI=1S/C16H28N2O2S/c1-15(2,3)20-14(19)18-10-8-16(9-11-18)6-4-12(5-7-16)13(17)21/h12H,4-11H2,1-3H3,(H2,17,21).